The molecule has 23 heavy (non-hydrogen) atoms. The van der Waals surface area contributed by atoms with E-state index in [1.54, 1.807) is 0 Å². The lowest BCUT2D eigenvalue weighted by atomic mass is 9.97. The van der Waals surface area contributed by atoms with Gasteiger partial charge in [-0.05, 0) is 33.7 Å². The minimum Gasteiger partial charge on any atom is -0.287 e. The summed E-state index contributed by atoms with van der Waals surface area (Å²) in [5, 5.41) is 4.99. The molecular weight excluding hydrogens is 278 g/mol. The zero-order valence-electron chi connectivity index (χ0n) is 13.0. The SMILES string of the molecule is CN=C(c1ccc2ccccc2c1)c1ccc2ccccc2c1. The van der Waals surface area contributed by atoms with Gasteiger partial charge in [0.05, 0.1) is 5.71 Å². The van der Waals surface area contributed by atoms with Crippen LogP contribution in [0.25, 0.3) is 21.5 Å². The van der Waals surface area contributed by atoms with Crippen molar-refractivity contribution in [3.63, 3.8) is 0 Å². The average molecular weight is 295 g/mol. The van der Waals surface area contributed by atoms with Gasteiger partial charge in [0, 0.05) is 18.2 Å². The molecule has 0 saturated heterocycles. The summed E-state index contributed by atoms with van der Waals surface area (Å²) in [7, 11) is 1.86. The van der Waals surface area contributed by atoms with Crippen LogP contribution in [0.15, 0.2) is 89.9 Å². The van der Waals surface area contributed by atoms with Crippen molar-refractivity contribution in [1.29, 1.82) is 0 Å². The number of hydrogen-bond donors (Lipinski definition) is 0. The van der Waals surface area contributed by atoms with Gasteiger partial charge in [-0.2, -0.15) is 0 Å². The number of benzene rings is 4. The summed E-state index contributed by atoms with van der Waals surface area (Å²) in [6.07, 6.45) is 0. The van der Waals surface area contributed by atoms with E-state index in [0.29, 0.717) is 0 Å². The maximum Gasteiger partial charge on any atom is 0.0715 e. The number of rotatable bonds is 2. The van der Waals surface area contributed by atoms with Crippen molar-refractivity contribution in [2.75, 3.05) is 7.05 Å². The van der Waals surface area contributed by atoms with Crippen molar-refractivity contribution in [3.05, 3.63) is 96.1 Å². The molecule has 0 spiro atoms. The Kier molecular flexibility index (Phi) is 3.39. The maximum absolute atomic E-state index is 4.56. The highest BCUT2D eigenvalue weighted by molar-refractivity contribution is 6.15. The smallest absolute Gasteiger partial charge is 0.0715 e. The molecule has 1 nitrogen and oxygen atoms in total. The first-order valence-corrected chi connectivity index (χ1v) is 7.80. The summed E-state index contributed by atoms with van der Waals surface area (Å²) in [5.74, 6) is 0. The van der Waals surface area contributed by atoms with Gasteiger partial charge < -0.3 is 0 Å². The Labute approximate surface area is 135 Å². The van der Waals surface area contributed by atoms with E-state index in [0.717, 1.165) is 16.8 Å². The second kappa shape index (κ2) is 5.69. The molecule has 0 amide bonds. The third kappa shape index (κ3) is 2.51. The quantitative estimate of drug-likeness (QED) is 0.435. The molecule has 4 aromatic carbocycles. The van der Waals surface area contributed by atoms with E-state index in [1.165, 1.54) is 21.5 Å². The number of nitrogens with zero attached hydrogens (tertiary/aromatic N) is 1. The minimum atomic E-state index is 1.03. The lowest BCUT2D eigenvalue weighted by Gasteiger charge is -2.09. The first-order chi connectivity index (χ1) is 11.3. The van der Waals surface area contributed by atoms with Crippen LogP contribution in [0.1, 0.15) is 11.1 Å². The van der Waals surface area contributed by atoms with Gasteiger partial charge in [-0.1, -0.05) is 72.8 Å². The third-order valence-corrected chi connectivity index (χ3v) is 4.27. The molecule has 4 rings (SSSR count). The molecule has 110 valence electrons. The van der Waals surface area contributed by atoms with Gasteiger partial charge in [-0.3, -0.25) is 4.99 Å². The van der Waals surface area contributed by atoms with E-state index >= 15 is 0 Å². The first kappa shape index (κ1) is 13.7. The molecule has 0 saturated carbocycles. The molecule has 0 atom stereocenters. The Hall–Kier alpha value is -2.93. The molecule has 0 heterocycles. The van der Waals surface area contributed by atoms with E-state index in [1.807, 2.05) is 7.05 Å². The van der Waals surface area contributed by atoms with Crippen LogP contribution >= 0.6 is 0 Å². The van der Waals surface area contributed by atoms with Crippen molar-refractivity contribution >= 4 is 27.3 Å². The van der Waals surface area contributed by atoms with Crippen LogP contribution in [0.2, 0.25) is 0 Å². The molecule has 0 fully saturated rings. The zero-order chi connectivity index (χ0) is 15.6. The molecule has 0 N–H and O–H groups in total. The standard InChI is InChI=1S/C22H17N/c1-23-22(20-12-10-16-6-2-4-8-18(16)14-20)21-13-11-17-7-3-5-9-19(17)15-21/h2-15H,1H3. The van der Waals surface area contributed by atoms with Crippen LogP contribution in [0.3, 0.4) is 0 Å². The highest BCUT2D eigenvalue weighted by atomic mass is 14.7. The van der Waals surface area contributed by atoms with Gasteiger partial charge in [-0.15, -0.1) is 0 Å². The summed E-state index contributed by atoms with van der Waals surface area (Å²) in [6, 6.07) is 29.9. The fourth-order valence-corrected chi connectivity index (χ4v) is 3.10. The van der Waals surface area contributed by atoms with Gasteiger partial charge in [0.15, 0.2) is 0 Å². The first-order valence-electron chi connectivity index (χ1n) is 7.80. The third-order valence-electron chi connectivity index (χ3n) is 4.27. The van der Waals surface area contributed by atoms with Crippen molar-refractivity contribution < 1.29 is 0 Å². The summed E-state index contributed by atoms with van der Waals surface area (Å²) in [4.78, 5) is 4.56. The number of fused-ring (bicyclic) bond motifs is 2. The Balaban J connectivity index is 1.85. The Morgan fingerprint density at radius 2 is 1.00 bits per heavy atom. The predicted molar refractivity (Wildman–Crippen MR) is 99.5 cm³/mol. The molecule has 1 heteroatoms. The van der Waals surface area contributed by atoms with Crippen LogP contribution in [0, 0.1) is 0 Å². The Morgan fingerprint density at radius 3 is 1.43 bits per heavy atom. The second-order valence-corrected chi connectivity index (χ2v) is 5.70. The van der Waals surface area contributed by atoms with Crippen LogP contribution < -0.4 is 0 Å². The van der Waals surface area contributed by atoms with E-state index in [4.69, 9.17) is 0 Å². The largest absolute Gasteiger partial charge is 0.287 e. The summed E-state index contributed by atoms with van der Waals surface area (Å²) in [5.41, 5.74) is 3.34. The molecule has 0 radical (unpaired) electrons. The molecular formula is C22H17N. The minimum absolute atomic E-state index is 1.03. The number of hydrogen-bond acceptors (Lipinski definition) is 1. The topological polar surface area (TPSA) is 12.4 Å². The van der Waals surface area contributed by atoms with Crippen molar-refractivity contribution in [2.24, 2.45) is 4.99 Å². The van der Waals surface area contributed by atoms with Gasteiger partial charge in [-0.25, -0.2) is 0 Å². The fraction of sp³-hybridized carbons (Fsp3) is 0.0455. The van der Waals surface area contributed by atoms with E-state index in [2.05, 4.69) is 89.9 Å². The van der Waals surface area contributed by atoms with Crippen molar-refractivity contribution in [1.82, 2.24) is 0 Å². The van der Waals surface area contributed by atoms with Crippen LogP contribution in [-0.4, -0.2) is 12.8 Å². The van der Waals surface area contributed by atoms with E-state index in [-0.39, 0.29) is 0 Å². The average Bonchev–Trinajstić information content (AvgIpc) is 2.62. The highest BCUT2D eigenvalue weighted by Gasteiger charge is 2.08. The van der Waals surface area contributed by atoms with Gasteiger partial charge in [0.1, 0.15) is 0 Å². The molecule has 0 aliphatic carbocycles. The predicted octanol–water partition coefficient (Wildman–Crippen LogP) is 5.46. The lowest BCUT2D eigenvalue weighted by molar-refractivity contribution is 1.42. The highest BCUT2D eigenvalue weighted by Crippen LogP contribution is 2.21. The molecule has 0 aliphatic heterocycles. The van der Waals surface area contributed by atoms with Crippen molar-refractivity contribution in [2.45, 2.75) is 0 Å². The monoisotopic (exact) mass is 295 g/mol. The zero-order valence-corrected chi connectivity index (χ0v) is 13.0. The summed E-state index contributed by atoms with van der Waals surface area (Å²) in [6.45, 7) is 0. The van der Waals surface area contributed by atoms with Gasteiger partial charge in [0.2, 0.25) is 0 Å². The molecule has 0 unspecified atom stereocenters. The number of aliphatic imine (C=N–C) groups is 1. The fourth-order valence-electron chi connectivity index (χ4n) is 3.10. The Bertz CT molecular complexity index is 947. The summed E-state index contributed by atoms with van der Waals surface area (Å²) >= 11 is 0. The molecule has 0 aromatic heterocycles. The maximum atomic E-state index is 4.56. The van der Waals surface area contributed by atoms with Crippen LogP contribution in [-0.2, 0) is 0 Å². The van der Waals surface area contributed by atoms with Gasteiger partial charge >= 0.3 is 0 Å². The van der Waals surface area contributed by atoms with Gasteiger partial charge in [0.25, 0.3) is 0 Å². The second-order valence-electron chi connectivity index (χ2n) is 5.70. The lowest BCUT2D eigenvalue weighted by Crippen LogP contribution is -2.03. The van der Waals surface area contributed by atoms with E-state index in [9.17, 15) is 0 Å². The molecule has 0 bridgehead atoms. The molecule has 0 aliphatic rings. The van der Waals surface area contributed by atoms with Crippen LogP contribution in [0.4, 0.5) is 0 Å². The van der Waals surface area contributed by atoms with E-state index < -0.39 is 0 Å². The normalized spacial score (nSPS) is 10.8. The summed E-state index contributed by atoms with van der Waals surface area (Å²) < 4.78 is 0. The Morgan fingerprint density at radius 1 is 0.565 bits per heavy atom. The van der Waals surface area contributed by atoms with Crippen molar-refractivity contribution in [3.8, 4) is 0 Å². The van der Waals surface area contributed by atoms with Crippen LogP contribution in [0.5, 0.6) is 0 Å². The molecule has 4 aromatic rings.